The molecule has 0 N–H and O–H groups in total. The van der Waals surface area contributed by atoms with Crippen LogP contribution in [-0.2, 0) is 9.53 Å². The Hall–Kier alpha value is -4.17. The SMILES string of the molecule is C=CCOC(=O)C1=C(C)N=c2s/c(=C/c3ccc(OCC=C)cc3)c(=O)n2[C@H]1c1ccc(OC)cc1. The highest BCUT2D eigenvalue weighted by Crippen LogP contribution is 2.31. The second-order valence-corrected chi connectivity index (χ2v) is 8.92. The molecule has 0 saturated heterocycles. The molecular weight excluding hydrogens is 476 g/mol. The molecule has 2 heterocycles. The second kappa shape index (κ2) is 11.0. The number of carbonyl (C=O) groups is 1. The molecule has 184 valence electrons. The first-order chi connectivity index (χ1) is 17.5. The van der Waals surface area contributed by atoms with Crippen molar-refractivity contribution in [3.63, 3.8) is 0 Å². The highest BCUT2D eigenvalue weighted by molar-refractivity contribution is 7.07. The van der Waals surface area contributed by atoms with Gasteiger partial charge >= 0.3 is 5.97 Å². The molecular formula is C28H26N2O5S. The van der Waals surface area contributed by atoms with E-state index in [1.54, 1.807) is 42.9 Å². The third-order valence-corrected chi connectivity index (χ3v) is 6.53. The van der Waals surface area contributed by atoms with E-state index in [2.05, 4.69) is 18.2 Å². The minimum Gasteiger partial charge on any atom is -0.497 e. The van der Waals surface area contributed by atoms with Gasteiger partial charge in [0.05, 0.1) is 29.0 Å². The molecule has 0 fully saturated rings. The van der Waals surface area contributed by atoms with Crippen LogP contribution in [0.4, 0.5) is 0 Å². The van der Waals surface area contributed by atoms with Gasteiger partial charge in [-0.3, -0.25) is 9.36 Å². The lowest BCUT2D eigenvalue weighted by Crippen LogP contribution is -2.39. The predicted molar refractivity (Wildman–Crippen MR) is 140 cm³/mol. The number of hydrogen-bond donors (Lipinski definition) is 0. The van der Waals surface area contributed by atoms with Gasteiger partial charge in [0.15, 0.2) is 4.80 Å². The maximum absolute atomic E-state index is 13.7. The lowest BCUT2D eigenvalue weighted by Gasteiger charge is -2.24. The zero-order valence-electron chi connectivity index (χ0n) is 20.1. The minimum atomic E-state index is -0.693. The van der Waals surface area contributed by atoms with Crippen LogP contribution in [0, 0.1) is 0 Å². The van der Waals surface area contributed by atoms with Crippen molar-refractivity contribution < 1.29 is 19.0 Å². The number of allylic oxidation sites excluding steroid dienone is 1. The van der Waals surface area contributed by atoms with Crippen LogP contribution in [0.1, 0.15) is 24.1 Å². The molecule has 0 radical (unpaired) electrons. The summed E-state index contributed by atoms with van der Waals surface area (Å²) in [5, 5.41) is 0. The number of fused-ring (bicyclic) bond motifs is 1. The lowest BCUT2D eigenvalue weighted by molar-refractivity contribution is -0.138. The Bertz CT molecular complexity index is 1500. The van der Waals surface area contributed by atoms with Gasteiger partial charge in [-0.05, 0) is 48.4 Å². The number of esters is 1. The van der Waals surface area contributed by atoms with Gasteiger partial charge in [-0.15, -0.1) is 0 Å². The van der Waals surface area contributed by atoms with Crippen LogP contribution in [0.25, 0.3) is 6.08 Å². The molecule has 1 aliphatic heterocycles. The number of aromatic nitrogens is 1. The molecule has 1 atom stereocenters. The number of rotatable bonds is 9. The molecule has 36 heavy (non-hydrogen) atoms. The van der Waals surface area contributed by atoms with E-state index in [0.717, 1.165) is 11.1 Å². The number of methoxy groups -OCH3 is 1. The standard InChI is InChI=1S/C28H26N2O5S/c1-5-15-34-22-11-7-19(8-12-22)17-23-26(31)30-25(20-9-13-21(33-4)14-10-20)24(27(32)35-16-6-2)18(3)29-28(30)36-23/h5-14,17,25H,1-2,15-16H2,3-4H3/b23-17+/t25-/m0/s1. The molecule has 4 rings (SSSR count). The quantitative estimate of drug-likeness (QED) is 0.330. The summed E-state index contributed by atoms with van der Waals surface area (Å²) in [5.41, 5.74) is 2.15. The fourth-order valence-corrected chi connectivity index (χ4v) is 4.91. The number of ether oxygens (including phenoxy) is 3. The average Bonchev–Trinajstić information content (AvgIpc) is 3.20. The molecule has 0 unspecified atom stereocenters. The van der Waals surface area contributed by atoms with E-state index in [4.69, 9.17) is 14.2 Å². The van der Waals surface area contributed by atoms with Crippen molar-refractivity contribution in [2.75, 3.05) is 20.3 Å². The van der Waals surface area contributed by atoms with E-state index in [0.29, 0.717) is 38.7 Å². The lowest BCUT2D eigenvalue weighted by atomic mass is 9.96. The van der Waals surface area contributed by atoms with Gasteiger partial charge in [-0.2, -0.15) is 0 Å². The zero-order valence-corrected chi connectivity index (χ0v) is 20.9. The Balaban J connectivity index is 1.83. The number of nitrogens with zero attached hydrogens (tertiary/aromatic N) is 2. The van der Waals surface area contributed by atoms with Gasteiger partial charge in [0, 0.05) is 0 Å². The van der Waals surface area contributed by atoms with E-state index in [-0.39, 0.29) is 12.2 Å². The summed E-state index contributed by atoms with van der Waals surface area (Å²) in [6.07, 6.45) is 4.98. The maximum atomic E-state index is 13.7. The summed E-state index contributed by atoms with van der Waals surface area (Å²) in [6, 6.07) is 14.0. The number of benzene rings is 2. The Morgan fingerprint density at radius 1 is 1.06 bits per heavy atom. The second-order valence-electron chi connectivity index (χ2n) is 7.91. The first-order valence-electron chi connectivity index (χ1n) is 11.2. The van der Waals surface area contributed by atoms with Gasteiger partial charge < -0.3 is 14.2 Å². The molecule has 8 heteroatoms. The summed E-state index contributed by atoms with van der Waals surface area (Å²) < 4.78 is 18.2. The first kappa shape index (κ1) is 24.9. The molecule has 3 aromatic rings. The Kier molecular flexibility index (Phi) is 7.65. The van der Waals surface area contributed by atoms with E-state index in [1.165, 1.54) is 17.4 Å². The molecule has 0 amide bonds. The van der Waals surface area contributed by atoms with Gasteiger partial charge in [0.25, 0.3) is 5.56 Å². The molecule has 0 aliphatic carbocycles. The Labute approximate surface area is 212 Å². The van der Waals surface area contributed by atoms with E-state index < -0.39 is 12.0 Å². The van der Waals surface area contributed by atoms with Crippen LogP contribution in [0.15, 0.2) is 94.9 Å². The molecule has 7 nitrogen and oxygen atoms in total. The van der Waals surface area contributed by atoms with Crippen LogP contribution in [-0.4, -0.2) is 30.9 Å². The molecule has 0 spiro atoms. The van der Waals surface area contributed by atoms with E-state index in [1.807, 2.05) is 36.4 Å². The Morgan fingerprint density at radius 2 is 1.72 bits per heavy atom. The van der Waals surface area contributed by atoms with Crippen molar-refractivity contribution >= 4 is 23.4 Å². The van der Waals surface area contributed by atoms with Crippen LogP contribution in [0.2, 0.25) is 0 Å². The summed E-state index contributed by atoms with van der Waals surface area (Å²) in [5.74, 6) is 0.843. The monoisotopic (exact) mass is 502 g/mol. The number of thiazole rings is 1. The van der Waals surface area contributed by atoms with Crippen molar-refractivity contribution in [3.8, 4) is 11.5 Å². The van der Waals surface area contributed by atoms with Gasteiger partial charge in [-0.25, -0.2) is 9.79 Å². The molecule has 0 bridgehead atoms. The molecule has 1 aromatic heterocycles. The third-order valence-electron chi connectivity index (χ3n) is 5.55. The highest BCUT2D eigenvalue weighted by Gasteiger charge is 2.33. The summed E-state index contributed by atoms with van der Waals surface area (Å²) >= 11 is 1.27. The minimum absolute atomic E-state index is 0.0574. The van der Waals surface area contributed by atoms with Crippen molar-refractivity contribution in [3.05, 3.63) is 116 Å². The van der Waals surface area contributed by atoms with Crippen molar-refractivity contribution in [1.29, 1.82) is 0 Å². The van der Waals surface area contributed by atoms with Crippen LogP contribution < -0.4 is 24.4 Å². The summed E-state index contributed by atoms with van der Waals surface area (Å²) in [4.78, 5) is 31.8. The molecule has 2 aromatic carbocycles. The van der Waals surface area contributed by atoms with Crippen LogP contribution >= 0.6 is 11.3 Å². The fraction of sp³-hybridized carbons (Fsp3) is 0.179. The maximum Gasteiger partial charge on any atom is 0.338 e. The average molecular weight is 503 g/mol. The smallest absolute Gasteiger partial charge is 0.338 e. The van der Waals surface area contributed by atoms with Gasteiger partial charge in [0.1, 0.15) is 24.7 Å². The summed E-state index contributed by atoms with van der Waals surface area (Å²) in [6.45, 7) is 9.47. The van der Waals surface area contributed by atoms with E-state index >= 15 is 0 Å². The number of carbonyl (C=O) groups excluding carboxylic acids is 1. The van der Waals surface area contributed by atoms with Gasteiger partial charge in [-0.1, -0.05) is 60.9 Å². The fourth-order valence-electron chi connectivity index (χ4n) is 3.86. The highest BCUT2D eigenvalue weighted by atomic mass is 32.1. The van der Waals surface area contributed by atoms with Gasteiger partial charge in [0.2, 0.25) is 0 Å². The zero-order chi connectivity index (χ0) is 25.7. The van der Waals surface area contributed by atoms with Crippen LogP contribution in [0.3, 0.4) is 0 Å². The topological polar surface area (TPSA) is 79.1 Å². The van der Waals surface area contributed by atoms with E-state index in [9.17, 15) is 9.59 Å². The van der Waals surface area contributed by atoms with Crippen molar-refractivity contribution in [1.82, 2.24) is 4.57 Å². The predicted octanol–water partition coefficient (Wildman–Crippen LogP) is 3.54. The first-order valence-corrected chi connectivity index (χ1v) is 12.1. The third kappa shape index (κ3) is 5.08. The molecule has 1 aliphatic rings. The molecule has 0 saturated carbocycles. The normalized spacial score (nSPS) is 15.1. The van der Waals surface area contributed by atoms with Crippen molar-refractivity contribution in [2.24, 2.45) is 4.99 Å². The summed E-state index contributed by atoms with van der Waals surface area (Å²) in [7, 11) is 1.58. The Morgan fingerprint density at radius 3 is 2.36 bits per heavy atom. The van der Waals surface area contributed by atoms with Crippen molar-refractivity contribution in [2.45, 2.75) is 13.0 Å². The van der Waals surface area contributed by atoms with Crippen LogP contribution in [0.5, 0.6) is 11.5 Å². The largest absolute Gasteiger partial charge is 0.497 e. The number of hydrogen-bond acceptors (Lipinski definition) is 7.